The molecule has 1 fully saturated rings. The zero-order chi connectivity index (χ0) is 21.8. The maximum atomic E-state index is 12.9. The quantitative estimate of drug-likeness (QED) is 0.605. The maximum Gasteiger partial charge on any atom is 0.230 e. The van der Waals surface area contributed by atoms with E-state index in [0.717, 1.165) is 5.56 Å². The van der Waals surface area contributed by atoms with Gasteiger partial charge in [-0.25, -0.2) is 4.68 Å². The summed E-state index contributed by atoms with van der Waals surface area (Å²) in [5.41, 5.74) is 1.59. The van der Waals surface area contributed by atoms with Crippen molar-refractivity contribution < 1.29 is 14.3 Å². The summed E-state index contributed by atoms with van der Waals surface area (Å²) in [5, 5.41) is 7.84. The number of halogens is 1. The maximum absolute atomic E-state index is 12.9. The van der Waals surface area contributed by atoms with E-state index in [-0.39, 0.29) is 18.2 Å². The number of benzene rings is 2. The van der Waals surface area contributed by atoms with Gasteiger partial charge in [-0.2, -0.15) is 5.10 Å². The molecule has 1 aliphatic heterocycles. The Morgan fingerprint density at radius 3 is 2.77 bits per heavy atom. The second kappa shape index (κ2) is 9.22. The van der Waals surface area contributed by atoms with Crippen molar-refractivity contribution >= 4 is 34.9 Å². The first kappa shape index (κ1) is 20.9. The van der Waals surface area contributed by atoms with E-state index >= 15 is 0 Å². The average Bonchev–Trinajstić information content (AvgIpc) is 3.37. The minimum Gasteiger partial charge on any atom is -0.492 e. The largest absolute Gasteiger partial charge is 0.492 e. The van der Waals surface area contributed by atoms with Gasteiger partial charge in [-0.3, -0.25) is 9.59 Å². The van der Waals surface area contributed by atoms with Crippen LogP contribution in [0.4, 0.5) is 11.5 Å². The summed E-state index contributed by atoms with van der Waals surface area (Å²) in [6.45, 7) is 3.12. The zero-order valence-electron chi connectivity index (χ0n) is 17.1. The summed E-state index contributed by atoms with van der Waals surface area (Å²) < 4.78 is 7.32. The van der Waals surface area contributed by atoms with Crippen LogP contribution in [0.15, 0.2) is 60.8 Å². The molecule has 3 aromatic rings. The fraction of sp³-hybridized carbons (Fsp3) is 0.261. The van der Waals surface area contributed by atoms with E-state index < -0.39 is 5.92 Å². The van der Waals surface area contributed by atoms with E-state index in [1.807, 2.05) is 55.5 Å². The molecular formula is C23H23ClN4O3. The number of amides is 2. The topological polar surface area (TPSA) is 76.5 Å². The lowest BCUT2D eigenvalue weighted by atomic mass is 10.1. The van der Waals surface area contributed by atoms with Crippen molar-refractivity contribution in [3.8, 4) is 5.75 Å². The third-order valence-corrected chi connectivity index (χ3v) is 5.57. The Bertz CT molecular complexity index is 1100. The summed E-state index contributed by atoms with van der Waals surface area (Å²) in [6, 6.07) is 16.6. The molecule has 8 heteroatoms. The predicted octanol–water partition coefficient (Wildman–Crippen LogP) is 3.98. The monoisotopic (exact) mass is 438 g/mol. The molecule has 0 radical (unpaired) electrons. The third kappa shape index (κ3) is 4.56. The van der Waals surface area contributed by atoms with Crippen molar-refractivity contribution in [1.29, 1.82) is 0 Å². The Kier molecular flexibility index (Phi) is 6.23. The van der Waals surface area contributed by atoms with Crippen molar-refractivity contribution in [2.24, 2.45) is 5.92 Å². The molecule has 4 rings (SSSR count). The van der Waals surface area contributed by atoms with Gasteiger partial charge in [0.1, 0.15) is 11.6 Å². The molecular weight excluding hydrogens is 416 g/mol. The molecule has 1 atom stereocenters. The van der Waals surface area contributed by atoms with Crippen LogP contribution in [0.25, 0.3) is 0 Å². The van der Waals surface area contributed by atoms with Gasteiger partial charge in [0.25, 0.3) is 0 Å². The van der Waals surface area contributed by atoms with Gasteiger partial charge in [0.15, 0.2) is 0 Å². The van der Waals surface area contributed by atoms with E-state index in [1.54, 1.807) is 21.8 Å². The predicted molar refractivity (Wildman–Crippen MR) is 119 cm³/mol. The second-order valence-electron chi connectivity index (χ2n) is 7.26. The molecule has 160 valence electrons. The highest BCUT2D eigenvalue weighted by atomic mass is 35.5. The number of para-hydroxylation sites is 2. The number of nitrogens with one attached hydrogen (secondary N) is 1. The lowest BCUT2D eigenvalue weighted by Gasteiger charge is -2.20. The van der Waals surface area contributed by atoms with Crippen molar-refractivity contribution in [1.82, 2.24) is 9.78 Å². The second-order valence-corrected chi connectivity index (χ2v) is 7.67. The Labute approximate surface area is 185 Å². The van der Waals surface area contributed by atoms with E-state index in [1.165, 1.54) is 0 Å². The number of hydrogen-bond acceptors (Lipinski definition) is 4. The minimum absolute atomic E-state index is 0.100. The van der Waals surface area contributed by atoms with Crippen LogP contribution in [0.3, 0.4) is 0 Å². The highest BCUT2D eigenvalue weighted by Crippen LogP contribution is 2.33. The first-order chi connectivity index (χ1) is 15.1. The highest BCUT2D eigenvalue weighted by Gasteiger charge is 2.36. The lowest BCUT2D eigenvalue weighted by Crippen LogP contribution is -2.29. The summed E-state index contributed by atoms with van der Waals surface area (Å²) in [4.78, 5) is 27.2. The zero-order valence-corrected chi connectivity index (χ0v) is 17.9. The molecule has 31 heavy (non-hydrogen) atoms. The van der Waals surface area contributed by atoms with E-state index in [9.17, 15) is 9.59 Å². The van der Waals surface area contributed by atoms with Gasteiger partial charge in [-0.05, 0) is 30.7 Å². The number of aromatic nitrogens is 2. The summed E-state index contributed by atoms with van der Waals surface area (Å²) in [6.07, 6.45) is 1.77. The van der Waals surface area contributed by atoms with Gasteiger partial charge in [-0.15, -0.1) is 0 Å². The summed E-state index contributed by atoms with van der Waals surface area (Å²) >= 11 is 6.25. The van der Waals surface area contributed by atoms with Crippen molar-refractivity contribution in [2.75, 3.05) is 23.4 Å². The molecule has 1 N–H and O–H groups in total. The van der Waals surface area contributed by atoms with Gasteiger partial charge < -0.3 is 15.0 Å². The fourth-order valence-corrected chi connectivity index (χ4v) is 3.85. The molecule has 1 saturated heterocycles. The van der Waals surface area contributed by atoms with Crippen LogP contribution in [-0.4, -0.2) is 34.7 Å². The molecule has 1 aromatic heterocycles. The highest BCUT2D eigenvalue weighted by molar-refractivity contribution is 6.31. The molecule has 0 aliphatic carbocycles. The molecule has 1 aliphatic rings. The first-order valence-corrected chi connectivity index (χ1v) is 10.5. The number of rotatable bonds is 7. The Morgan fingerprint density at radius 1 is 1.19 bits per heavy atom. The molecule has 2 heterocycles. The molecule has 7 nitrogen and oxygen atoms in total. The molecule has 0 spiro atoms. The van der Waals surface area contributed by atoms with Gasteiger partial charge in [0.2, 0.25) is 11.8 Å². The number of ether oxygens (including phenoxy) is 1. The SMILES string of the molecule is CCOc1ccccc1N1C[C@H](C(=O)Nc2ccnn2Cc2ccccc2Cl)CC1=O. The first-order valence-electron chi connectivity index (χ1n) is 10.1. The van der Waals surface area contributed by atoms with Crippen LogP contribution in [0.2, 0.25) is 5.02 Å². The molecule has 0 bridgehead atoms. The Balaban J connectivity index is 1.46. The summed E-state index contributed by atoms with van der Waals surface area (Å²) in [5.74, 6) is 0.413. The van der Waals surface area contributed by atoms with Gasteiger partial charge in [0.05, 0.1) is 31.0 Å². The fourth-order valence-electron chi connectivity index (χ4n) is 3.65. The van der Waals surface area contributed by atoms with E-state index in [0.29, 0.717) is 42.0 Å². The lowest BCUT2D eigenvalue weighted by molar-refractivity contribution is -0.122. The van der Waals surface area contributed by atoms with Crippen molar-refractivity contribution in [3.05, 3.63) is 71.4 Å². The van der Waals surface area contributed by atoms with E-state index in [4.69, 9.17) is 16.3 Å². The normalized spacial score (nSPS) is 15.9. The Morgan fingerprint density at radius 2 is 1.97 bits per heavy atom. The molecule has 0 saturated carbocycles. The summed E-state index contributed by atoms with van der Waals surface area (Å²) in [7, 11) is 0. The van der Waals surface area contributed by atoms with Crippen LogP contribution in [0, 0.1) is 5.92 Å². The standard InChI is InChI=1S/C23H23ClN4O3/c1-2-31-20-10-6-5-9-19(20)27-14-17(13-22(27)29)23(30)26-21-11-12-25-28(21)15-16-7-3-4-8-18(16)24/h3-12,17H,2,13-15H2,1H3,(H,26,30)/t17-/m1/s1. The van der Waals surface area contributed by atoms with E-state index in [2.05, 4.69) is 10.4 Å². The number of nitrogens with zero attached hydrogens (tertiary/aromatic N) is 3. The van der Waals surface area contributed by atoms with Gasteiger partial charge >= 0.3 is 0 Å². The smallest absolute Gasteiger partial charge is 0.230 e. The third-order valence-electron chi connectivity index (χ3n) is 5.20. The molecule has 2 aromatic carbocycles. The van der Waals surface area contributed by atoms with Gasteiger partial charge in [-0.1, -0.05) is 41.9 Å². The number of hydrogen-bond donors (Lipinski definition) is 1. The van der Waals surface area contributed by atoms with Crippen molar-refractivity contribution in [2.45, 2.75) is 19.9 Å². The van der Waals surface area contributed by atoms with Crippen molar-refractivity contribution in [3.63, 3.8) is 0 Å². The number of carbonyl (C=O) groups excluding carboxylic acids is 2. The minimum atomic E-state index is -0.467. The molecule has 0 unspecified atom stereocenters. The average molecular weight is 439 g/mol. The van der Waals surface area contributed by atoms with Crippen LogP contribution in [-0.2, 0) is 16.1 Å². The molecule has 2 amide bonds. The van der Waals surface area contributed by atoms with Gasteiger partial charge in [0, 0.05) is 24.1 Å². The van der Waals surface area contributed by atoms with Crippen LogP contribution < -0.4 is 15.0 Å². The Hall–Kier alpha value is -3.32. The van der Waals surface area contributed by atoms with Crippen LogP contribution in [0.5, 0.6) is 5.75 Å². The van der Waals surface area contributed by atoms with Crippen LogP contribution >= 0.6 is 11.6 Å². The number of anilines is 2. The number of carbonyl (C=O) groups is 2. The van der Waals surface area contributed by atoms with Crippen LogP contribution in [0.1, 0.15) is 18.9 Å².